The number of fused-ring (bicyclic) bond motifs is 1. The maximum atomic E-state index is 6.03. The molecular weight excluding hydrogens is 270 g/mol. The van der Waals surface area contributed by atoms with Gasteiger partial charge in [-0.3, -0.25) is 0 Å². The lowest BCUT2D eigenvalue weighted by atomic mass is 9.79. The van der Waals surface area contributed by atoms with E-state index >= 15 is 0 Å². The highest BCUT2D eigenvalue weighted by atomic mass is 35.5. The number of rotatable bonds is 3. The monoisotopic (exact) mass is 293 g/mol. The van der Waals surface area contributed by atoms with Gasteiger partial charge in [-0.25, -0.2) is 0 Å². The van der Waals surface area contributed by atoms with Gasteiger partial charge in [-0.2, -0.15) is 0 Å². The largest absolute Gasteiger partial charge is 0.488 e. The van der Waals surface area contributed by atoms with Crippen LogP contribution in [0.2, 0.25) is 5.02 Å². The predicted molar refractivity (Wildman–Crippen MR) is 83.5 cm³/mol. The second-order valence-corrected chi connectivity index (χ2v) is 7.01. The van der Waals surface area contributed by atoms with Gasteiger partial charge < -0.3 is 10.1 Å². The minimum atomic E-state index is 0.262. The van der Waals surface area contributed by atoms with Gasteiger partial charge in [0.2, 0.25) is 0 Å². The Labute approximate surface area is 126 Å². The van der Waals surface area contributed by atoms with Crippen LogP contribution in [0.3, 0.4) is 0 Å². The van der Waals surface area contributed by atoms with Gasteiger partial charge in [0.05, 0.1) is 0 Å². The van der Waals surface area contributed by atoms with Crippen molar-refractivity contribution in [1.82, 2.24) is 5.32 Å². The maximum absolute atomic E-state index is 6.03. The molecule has 1 aliphatic carbocycles. The highest BCUT2D eigenvalue weighted by Crippen LogP contribution is 2.32. The summed E-state index contributed by atoms with van der Waals surface area (Å²) >= 11 is 6.03. The second-order valence-electron chi connectivity index (χ2n) is 6.57. The molecule has 2 aliphatic rings. The molecule has 3 heteroatoms. The first-order valence-corrected chi connectivity index (χ1v) is 8.18. The fraction of sp³-hybridized carbons (Fsp3) is 0.647. The van der Waals surface area contributed by atoms with Gasteiger partial charge >= 0.3 is 0 Å². The molecule has 1 fully saturated rings. The van der Waals surface area contributed by atoms with Crippen molar-refractivity contribution in [3.63, 3.8) is 0 Å². The first kappa shape index (κ1) is 14.2. The van der Waals surface area contributed by atoms with Crippen molar-refractivity contribution < 1.29 is 4.74 Å². The number of halogens is 1. The summed E-state index contributed by atoms with van der Waals surface area (Å²) in [4.78, 5) is 0. The Bertz CT molecular complexity index is 476. The number of hydrogen-bond acceptors (Lipinski definition) is 2. The summed E-state index contributed by atoms with van der Waals surface area (Å²) in [6, 6.07) is 6.58. The highest BCUT2D eigenvalue weighted by molar-refractivity contribution is 6.30. The molecule has 1 N–H and O–H groups in total. The summed E-state index contributed by atoms with van der Waals surface area (Å²) < 4.78 is 5.98. The van der Waals surface area contributed by atoms with E-state index in [9.17, 15) is 0 Å². The summed E-state index contributed by atoms with van der Waals surface area (Å²) in [5.74, 6) is 2.72. The minimum Gasteiger partial charge on any atom is -0.488 e. The summed E-state index contributed by atoms with van der Waals surface area (Å²) in [5, 5.41) is 4.51. The quantitative estimate of drug-likeness (QED) is 0.907. The maximum Gasteiger partial charge on any atom is 0.123 e. The van der Waals surface area contributed by atoms with Crippen LogP contribution in [-0.4, -0.2) is 18.7 Å². The third-order valence-corrected chi connectivity index (χ3v) is 5.23. The fourth-order valence-corrected chi connectivity index (χ4v) is 3.63. The van der Waals surface area contributed by atoms with Gasteiger partial charge in [-0.05, 0) is 54.9 Å². The van der Waals surface area contributed by atoms with Crippen LogP contribution in [0.1, 0.15) is 38.7 Å². The first-order chi connectivity index (χ1) is 9.61. The molecule has 0 saturated heterocycles. The molecule has 1 heterocycles. The van der Waals surface area contributed by atoms with Crippen molar-refractivity contribution in [2.24, 2.45) is 11.8 Å². The van der Waals surface area contributed by atoms with Gasteiger partial charge in [-0.1, -0.05) is 25.4 Å². The zero-order chi connectivity index (χ0) is 14.1. The summed E-state index contributed by atoms with van der Waals surface area (Å²) in [6.07, 6.45) is 5.18. The van der Waals surface area contributed by atoms with Crippen molar-refractivity contribution in [3.8, 4) is 5.75 Å². The Morgan fingerprint density at radius 3 is 2.90 bits per heavy atom. The molecule has 4 unspecified atom stereocenters. The van der Waals surface area contributed by atoms with E-state index in [0.29, 0.717) is 6.04 Å². The molecule has 3 rings (SSSR count). The molecule has 1 aromatic carbocycles. The van der Waals surface area contributed by atoms with E-state index in [-0.39, 0.29) is 6.10 Å². The van der Waals surface area contributed by atoms with Gasteiger partial charge in [0.1, 0.15) is 11.9 Å². The standard InChI is InChI=1S/C17H24ClNO/c1-11-3-5-15(7-12(11)2)19-10-16-9-13-8-14(18)4-6-17(13)20-16/h4,6,8,11-12,15-16,19H,3,5,7,9-10H2,1-2H3. The zero-order valence-electron chi connectivity index (χ0n) is 12.4. The molecule has 1 saturated carbocycles. The summed E-state index contributed by atoms with van der Waals surface area (Å²) in [6.45, 7) is 5.70. The molecular formula is C17H24ClNO. The molecule has 0 aromatic heterocycles. The van der Waals surface area contributed by atoms with Crippen molar-refractivity contribution in [2.75, 3.05) is 6.54 Å². The van der Waals surface area contributed by atoms with Crippen molar-refractivity contribution >= 4 is 11.6 Å². The molecule has 0 bridgehead atoms. The SMILES string of the molecule is CC1CCC(NCC2Cc3cc(Cl)ccc3O2)CC1C. The number of hydrogen-bond donors (Lipinski definition) is 1. The van der Waals surface area contributed by atoms with Crippen LogP contribution in [0.5, 0.6) is 5.75 Å². The third kappa shape index (κ3) is 3.12. The topological polar surface area (TPSA) is 21.3 Å². The molecule has 1 aliphatic heterocycles. The Kier molecular flexibility index (Phi) is 4.23. The smallest absolute Gasteiger partial charge is 0.123 e. The van der Waals surface area contributed by atoms with Gasteiger partial charge in [0.15, 0.2) is 0 Å². The molecule has 1 aromatic rings. The van der Waals surface area contributed by atoms with Crippen LogP contribution in [0.25, 0.3) is 0 Å². The molecule has 0 amide bonds. The lowest BCUT2D eigenvalue weighted by Crippen LogP contribution is -2.41. The van der Waals surface area contributed by atoms with Crippen LogP contribution in [0.4, 0.5) is 0 Å². The van der Waals surface area contributed by atoms with E-state index in [4.69, 9.17) is 16.3 Å². The Hall–Kier alpha value is -0.730. The van der Waals surface area contributed by atoms with E-state index in [1.807, 2.05) is 18.2 Å². The lowest BCUT2D eigenvalue weighted by molar-refractivity contribution is 0.188. The molecule has 110 valence electrons. The number of benzene rings is 1. The predicted octanol–water partition coefficient (Wildman–Crippen LogP) is 4.06. The van der Waals surface area contributed by atoms with Crippen LogP contribution < -0.4 is 10.1 Å². The molecule has 20 heavy (non-hydrogen) atoms. The van der Waals surface area contributed by atoms with Gasteiger partial charge in [0.25, 0.3) is 0 Å². The van der Waals surface area contributed by atoms with E-state index < -0.39 is 0 Å². The van der Waals surface area contributed by atoms with Crippen LogP contribution in [-0.2, 0) is 6.42 Å². The highest BCUT2D eigenvalue weighted by Gasteiger charge is 2.27. The average Bonchev–Trinajstić information content (AvgIpc) is 2.82. The fourth-order valence-electron chi connectivity index (χ4n) is 3.43. The van der Waals surface area contributed by atoms with E-state index in [2.05, 4.69) is 19.2 Å². The van der Waals surface area contributed by atoms with Crippen LogP contribution in [0.15, 0.2) is 18.2 Å². The van der Waals surface area contributed by atoms with Gasteiger partial charge in [0, 0.05) is 24.0 Å². The van der Waals surface area contributed by atoms with Gasteiger partial charge in [-0.15, -0.1) is 0 Å². The van der Waals surface area contributed by atoms with Crippen LogP contribution >= 0.6 is 11.6 Å². The second kappa shape index (κ2) is 5.95. The minimum absolute atomic E-state index is 0.262. The normalized spacial score (nSPS) is 32.8. The van der Waals surface area contributed by atoms with Crippen molar-refractivity contribution in [3.05, 3.63) is 28.8 Å². The molecule has 0 radical (unpaired) electrons. The van der Waals surface area contributed by atoms with E-state index in [1.54, 1.807) is 0 Å². The van der Waals surface area contributed by atoms with Crippen molar-refractivity contribution in [1.29, 1.82) is 0 Å². The zero-order valence-corrected chi connectivity index (χ0v) is 13.1. The number of nitrogens with one attached hydrogen (secondary N) is 1. The molecule has 2 nitrogen and oxygen atoms in total. The Morgan fingerprint density at radius 2 is 2.10 bits per heavy atom. The van der Waals surface area contributed by atoms with Crippen molar-refractivity contribution in [2.45, 2.75) is 51.7 Å². The summed E-state index contributed by atoms with van der Waals surface area (Å²) in [7, 11) is 0. The van der Waals surface area contributed by atoms with E-state index in [0.717, 1.165) is 35.6 Å². The molecule has 0 spiro atoms. The molecule has 4 atom stereocenters. The Morgan fingerprint density at radius 1 is 1.25 bits per heavy atom. The lowest BCUT2D eigenvalue weighted by Gasteiger charge is -2.33. The summed E-state index contributed by atoms with van der Waals surface area (Å²) in [5.41, 5.74) is 1.25. The van der Waals surface area contributed by atoms with E-state index in [1.165, 1.54) is 24.8 Å². The first-order valence-electron chi connectivity index (χ1n) is 7.80. The number of ether oxygens (including phenoxy) is 1. The third-order valence-electron chi connectivity index (χ3n) is 5.00. The van der Waals surface area contributed by atoms with Crippen LogP contribution in [0, 0.1) is 11.8 Å². The Balaban J connectivity index is 1.49. The average molecular weight is 294 g/mol.